The standard InChI is InChI=1S/C17H19N3S/c1-3-7-15-13(5-1)17(20-11-9-18-10-12-20)19-14-6-2-4-8-16(14)21-15/h1-8,14,16,18H,9-12H2. The van der Waals surface area contributed by atoms with Gasteiger partial charge in [0, 0.05) is 36.6 Å². The van der Waals surface area contributed by atoms with Crippen LogP contribution in [0.2, 0.25) is 0 Å². The summed E-state index contributed by atoms with van der Waals surface area (Å²) in [5.41, 5.74) is 1.29. The molecule has 0 bridgehead atoms. The maximum atomic E-state index is 5.12. The van der Waals surface area contributed by atoms with E-state index in [0.717, 1.165) is 26.2 Å². The van der Waals surface area contributed by atoms with Crippen LogP contribution in [0.4, 0.5) is 0 Å². The number of allylic oxidation sites excluding steroid dienone is 2. The van der Waals surface area contributed by atoms with Crippen molar-refractivity contribution in [2.45, 2.75) is 16.2 Å². The minimum absolute atomic E-state index is 0.247. The van der Waals surface area contributed by atoms with E-state index < -0.39 is 0 Å². The Bertz CT molecular complexity index is 614. The third-order valence-electron chi connectivity index (χ3n) is 4.14. The summed E-state index contributed by atoms with van der Waals surface area (Å²) in [4.78, 5) is 8.90. The summed E-state index contributed by atoms with van der Waals surface area (Å²) in [6.07, 6.45) is 8.76. The number of amidine groups is 1. The van der Waals surface area contributed by atoms with Crippen molar-refractivity contribution >= 4 is 17.6 Å². The number of aliphatic imine (C=N–C) groups is 1. The van der Waals surface area contributed by atoms with Gasteiger partial charge < -0.3 is 10.2 Å². The summed E-state index contributed by atoms with van der Waals surface area (Å²) in [5.74, 6) is 1.17. The average Bonchev–Trinajstić information content (AvgIpc) is 2.72. The van der Waals surface area contributed by atoms with Crippen LogP contribution < -0.4 is 5.32 Å². The van der Waals surface area contributed by atoms with Gasteiger partial charge in [-0.15, -0.1) is 11.8 Å². The molecule has 2 aliphatic heterocycles. The van der Waals surface area contributed by atoms with Crippen LogP contribution in [0.1, 0.15) is 5.56 Å². The Kier molecular flexibility index (Phi) is 3.57. The maximum absolute atomic E-state index is 5.12. The Morgan fingerprint density at radius 2 is 1.90 bits per heavy atom. The number of piperazine rings is 1. The first-order valence-corrected chi connectivity index (χ1v) is 8.44. The van der Waals surface area contributed by atoms with Crippen molar-refractivity contribution in [1.29, 1.82) is 0 Å². The number of hydrogen-bond acceptors (Lipinski definition) is 4. The fourth-order valence-electron chi connectivity index (χ4n) is 3.04. The molecule has 1 fully saturated rings. The van der Waals surface area contributed by atoms with E-state index in [0.29, 0.717) is 5.25 Å². The van der Waals surface area contributed by atoms with E-state index in [1.165, 1.54) is 16.3 Å². The van der Waals surface area contributed by atoms with Crippen LogP contribution in [0.5, 0.6) is 0 Å². The molecule has 1 aromatic carbocycles. The second-order valence-corrected chi connectivity index (χ2v) is 6.75. The zero-order valence-corrected chi connectivity index (χ0v) is 12.7. The highest BCUT2D eigenvalue weighted by molar-refractivity contribution is 8.00. The maximum Gasteiger partial charge on any atom is 0.132 e. The van der Waals surface area contributed by atoms with E-state index >= 15 is 0 Å². The number of rotatable bonds is 0. The molecule has 1 aromatic rings. The van der Waals surface area contributed by atoms with Gasteiger partial charge in [-0.2, -0.15) is 0 Å². The van der Waals surface area contributed by atoms with Crippen molar-refractivity contribution in [2.24, 2.45) is 4.99 Å². The van der Waals surface area contributed by atoms with E-state index in [-0.39, 0.29) is 6.04 Å². The number of fused-ring (bicyclic) bond motifs is 2. The number of nitrogens with one attached hydrogen (secondary N) is 1. The van der Waals surface area contributed by atoms with Gasteiger partial charge in [0.25, 0.3) is 0 Å². The molecule has 3 nitrogen and oxygen atoms in total. The molecule has 2 heterocycles. The molecule has 1 N–H and O–H groups in total. The Labute approximate surface area is 129 Å². The molecule has 3 aliphatic rings. The lowest BCUT2D eigenvalue weighted by Crippen LogP contribution is -2.47. The molecule has 2 atom stereocenters. The molecule has 0 aromatic heterocycles. The number of thioether (sulfide) groups is 1. The molecular weight excluding hydrogens is 278 g/mol. The predicted octanol–water partition coefficient (Wildman–Crippen LogP) is 2.31. The van der Waals surface area contributed by atoms with E-state index in [1.54, 1.807) is 0 Å². The molecule has 108 valence electrons. The second kappa shape index (κ2) is 5.70. The van der Waals surface area contributed by atoms with Crippen molar-refractivity contribution < 1.29 is 0 Å². The third kappa shape index (κ3) is 2.54. The number of hydrogen-bond donors (Lipinski definition) is 1. The molecular formula is C17H19N3S. The quantitative estimate of drug-likeness (QED) is 0.796. The Hall–Kier alpha value is -1.52. The molecule has 1 saturated heterocycles. The van der Waals surface area contributed by atoms with Crippen LogP contribution in [-0.2, 0) is 0 Å². The Balaban J connectivity index is 1.78. The van der Waals surface area contributed by atoms with Crippen molar-refractivity contribution in [2.75, 3.05) is 26.2 Å². The molecule has 4 heteroatoms. The lowest BCUT2D eigenvalue weighted by Gasteiger charge is -2.31. The fourth-order valence-corrected chi connectivity index (χ4v) is 4.24. The fraction of sp³-hybridized carbons (Fsp3) is 0.353. The van der Waals surface area contributed by atoms with Crippen molar-refractivity contribution in [1.82, 2.24) is 10.2 Å². The molecule has 0 amide bonds. The van der Waals surface area contributed by atoms with Gasteiger partial charge in [0.15, 0.2) is 0 Å². The van der Waals surface area contributed by atoms with Crippen LogP contribution >= 0.6 is 11.8 Å². The summed E-state index contributed by atoms with van der Waals surface area (Å²) in [7, 11) is 0. The SMILES string of the molecule is C1=CC2N=C(N3CCNCC3)c3ccccc3SC2C=C1. The van der Waals surface area contributed by atoms with Crippen LogP contribution in [0.3, 0.4) is 0 Å². The first kappa shape index (κ1) is 13.2. The molecule has 4 rings (SSSR count). The lowest BCUT2D eigenvalue weighted by atomic mass is 10.1. The van der Waals surface area contributed by atoms with Crippen molar-refractivity contribution in [3.8, 4) is 0 Å². The first-order valence-electron chi connectivity index (χ1n) is 7.56. The molecule has 0 saturated carbocycles. The predicted molar refractivity (Wildman–Crippen MR) is 89.1 cm³/mol. The molecule has 1 aliphatic carbocycles. The van der Waals surface area contributed by atoms with Gasteiger partial charge in [0.2, 0.25) is 0 Å². The monoisotopic (exact) mass is 297 g/mol. The summed E-state index contributed by atoms with van der Waals surface area (Å²) in [6.45, 7) is 4.15. The molecule has 0 spiro atoms. The summed E-state index contributed by atoms with van der Waals surface area (Å²) >= 11 is 1.93. The summed E-state index contributed by atoms with van der Waals surface area (Å²) < 4.78 is 0. The van der Waals surface area contributed by atoms with Crippen LogP contribution in [0, 0.1) is 0 Å². The largest absolute Gasteiger partial charge is 0.354 e. The van der Waals surface area contributed by atoms with E-state index in [4.69, 9.17) is 4.99 Å². The molecule has 21 heavy (non-hydrogen) atoms. The third-order valence-corrected chi connectivity index (χ3v) is 5.45. The van der Waals surface area contributed by atoms with Crippen LogP contribution in [0.15, 0.2) is 58.5 Å². The first-order chi connectivity index (χ1) is 10.4. The van der Waals surface area contributed by atoms with Gasteiger partial charge >= 0.3 is 0 Å². The van der Waals surface area contributed by atoms with E-state index in [1.807, 2.05) is 11.8 Å². The average molecular weight is 297 g/mol. The Morgan fingerprint density at radius 1 is 1.10 bits per heavy atom. The highest BCUT2D eigenvalue weighted by Crippen LogP contribution is 2.36. The second-order valence-electron chi connectivity index (χ2n) is 5.53. The normalized spacial score (nSPS) is 27.6. The smallest absolute Gasteiger partial charge is 0.132 e. The van der Waals surface area contributed by atoms with E-state index in [9.17, 15) is 0 Å². The highest BCUT2D eigenvalue weighted by atomic mass is 32.2. The minimum atomic E-state index is 0.247. The summed E-state index contributed by atoms with van der Waals surface area (Å²) in [6, 6.07) is 8.94. The zero-order chi connectivity index (χ0) is 14.1. The number of benzene rings is 1. The molecule has 2 unspecified atom stereocenters. The van der Waals surface area contributed by atoms with Crippen LogP contribution in [0.25, 0.3) is 0 Å². The topological polar surface area (TPSA) is 27.6 Å². The van der Waals surface area contributed by atoms with Crippen molar-refractivity contribution in [3.63, 3.8) is 0 Å². The zero-order valence-electron chi connectivity index (χ0n) is 11.9. The van der Waals surface area contributed by atoms with Gasteiger partial charge in [0.1, 0.15) is 5.84 Å². The van der Waals surface area contributed by atoms with Crippen molar-refractivity contribution in [3.05, 3.63) is 54.1 Å². The van der Waals surface area contributed by atoms with E-state index in [2.05, 4.69) is 58.8 Å². The number of nitrogens with zero attached hydrogens (tertiary/aromatic N) is 2. The summed E-state index contributed by atoms with van der Waals surface area (Å²) in [5, 5.41) is 3.84. The van der Waals surface area contributed by atoms with Gasteiger partial charge in [-0.05, 0) is 6.07 Å². The van der Waals surface area contributed by atoms with Crippen LogP contribution in [-0.4, -0.2) is 48.2 Å². The highest BCUT2D eigenvalue weighted by Gasteiger charge is 2.28. The van der Waals surface area contributed by atoms with Gasteiger partial charge in [-0.3, -0.25) is 4.99 Å². The molecule has 0 radical (unpaired) electrons. The Morgan fingerprint density at radius 3 is 2.81 bits per heavy atom. The van der Waals surface area contributed by atoms with Gasteiger partial charge in [-0.1, -0.05) is 42.5 Å². The van der Waals surface area contributed by atoms with Gasteiger partial charge in [-0.25, -0.2) is 0 Å². The minimum Gasteiger partial charge on any atom is -0.354 e. The van der Waals surface area contributed by atoms with Gasteiger partial charge in [0.05, 0.1) is 11.3 Å². The lowest BCUT2D eigenvalue weighted by molar-refractivity contribution is 0.356.